The average Bonchev–Trinajstić information content (AvgIpc) is 1.85. The summed E-state index contributed by atoms with van der Waals surface area (Å²) < 4.78 is 0. The Morgan fingerprint density at radius 2 is 2.18 bits per heavy atom. The summed E-state index contributed by atoms with van der Waals surface area (Å²) in [5, 5.41) is 0. The van der Waals surface area contributed by atoms with Crippen LogP contribution in [0.15, 0.2) is 0 Å². The predicted octanol–water partition coefficient (Wildman–Crippen LogP) is 1.69. The Morgan fingerprint density at radius 1 is 1.55 bits per heavy atom. The lowest BCUT2D eigenvalue weighted by Gasteiger charge is -2.33. The lowest BCUT2D eigenvalue weighted by Crippen LogP contribution is -2.31. The van der Waals surface area contributed by atoms with Crippen LogP contribution in [0.4, 0.5) is 0 Å². The summed E-state index contributed by atoms with van der Waals surface area (Å²) in [4.78, 5) is 10.9. The summed E-state index contributed by atoms with van der Waals surface area (Å²) in [6.07, 6.45) is 4.36. The highest BCUT2D eigenvalue weighted by atomic mass is 16.1. The van der Waals surface area contributed by atoms with Gasteiger partial charge < -0.3 is 5.73 Å². The molecular weight excluding hydrogens is 138 g/mol. The molecule has 2 N–H and O–H groups in total. The zero-order valence-corrected chi connectivity index (χ0v) is 7.39. The normalized spacial score (nSPS) is 29.8. The molecule has 0 radical (unpaired) electrons. The molecule has 0 aromatic heterocycles. The second-order valence-electron chi connectivity index (χ2n) is 4.36. The molecule has 1 rings (SSSR count). The minimum absolute atomic E-state index is 0.113. The number of nitrogens with two attached hydrogens (primary N) is 1. The highest BCUT2D eigenvalue weighted by Crippen LogP contribution is 2.38. The number of amides is 1. The third-order valence-electron chi connectivity index (χ3n) is 2.61. The third kappa shape index (κ3) is 2.21. The third-order valence-corrected chi connectivity index (χ3v) is 2.61. The molecule has 0 unspecified atom stereocenters. The molecule has 0 saturated heterocycles. The molecule has 0 aromatic rings. The summed E-state index contributed by atoms with van der Waals surface area (Å²) in [5.41, 5.74) is 5.58. The summed E-state index contributed by atoms with van der Waals surface area (Å²) >= 11 is 0. The Morgan fingerprint density at radius 3 is 2.55 bits per heavy atom. The fourth-order valence-corrected chi connectivity index (χ4v) is 1.94. The summed E-state index contributed by atoms with van der Waals surface area (Å²) in [6.45, 7) is 4.42. The average molecular weight is 155 g/mol. The lowest BCUT2D eigenvalue weighted by atomic mass is 9.72. The van der Waals surface area contributed by atoms with Gasteiger partial charge in [0.25, 0.3) is 0 Å². The van der Waals surface area contributed by atoms with Gasteiger partial charge in [-0.3, -0.25) is 4.79 Å². The summed E-state index contributed by atoms with van der Waals surface area (Å²) in [6, 6.07) is 0. The first-order valence-corrected chi connectivity index (χ1v) is 4.31. The van der Waals surface area contributed by atoms with E-state index in [4.69, 9.17) is 5.73 Å². The van der Waals surface area contributed by atoms with Crippen LogP contribution >= 0.6 is 0 Å². The van der Waals surface area contributed by atoms with Crippen molar-refractivity contribution in [2.24, 2.45) is 17.1 Å². The molecule has 2 nitrogen and oxygen atoms in total. The molecule has 0 aliphatic heterocycles. The van der Waals surface area contributed by atoms with E-state index in [0.717, 1.165) is 19.3 Å². The van der Waals surface area contributed by atoms with Crippen molar-refractivity contribution in [3.8, 4) is 0 Å². The molecule has 1 saturated carbocycles. The lowest BCUT2D eigenvalue weighted by molar-refractivity contribution is -0.123. The van der Waals surface area contributed by atoms with Crippen LogP contribution in [0.1, 0.15) is 39.5 Å². The second kappa shape index (κ2) is 2.84. The van der Waals surface area contributed by atoms with Crippen molar-refractivity contribution in [2.45, 2.75) is 39.5 Å². The molecule has 0 heterocycles. The van der Waals surface area contributed by atoms with Gasteiger partial charge >= 0.3 is 0 Å². The highest BCUT2D eigenvalue weighted by molar-refractivity contribution is 5.76. The van der Waals surface area contributed by atoms with Crippen molar-refractivity contribution < 1.29 is 4.79 Å². The quantitative estimate of drug-likeness (QED) is 0.615. The monoisotopic (exact) mass is 155 g/mol. The zero-order valence-electron chi connectivity index (χ0n) is 7.39. The molecule has 1 amide bonds. The fourth-order valence-electron chi connectivity index (χ4n) is 1.94. The van der Waals surface area contributed by atoms with Gasteiger partial charge in [-0.2, -0.15) is 0 Å². The predicted molar refractivity (Wildman–Crippen MR) is 44.9 cm³/mol. The molecule has 11 heavy (non-hydrogen) atoms. The van der Waals surface area contributed by atoms with E-state index in [1.54, 1.807) is 0 Å². The van der Waals surface area contributed by atoms with Gasteiger partial charge in [-0.1, -0.05) is 20.3 Å². The van der Waals surface area contributed by atoms with Crippen molar-refractivity contribution in [3.63, 3.8) is 0 Å². The van der Waals surface area contributed by atoms with E-state index < -0.39 is 0 Å². The van der Waals surface area contributed by atoms with Crippen LogP contribution < -0.4 is 5.73 Å². The maximum Gasteiger partial charge on any atom is 0.220 e. The molecule has 0 aromatic carbocycles. The molecule has 2 heteroatoms. The summed E-state index contributed by atoms with van der Waals surface area (Å²) in [5.74, 6) is 0.0246. The number of hydrogen-bond acceptors (Lipinski definition) is 1. The Hall–Kier alpha value is -0.530. The molecule has 0 spiro atoms. The maximum absolute atomic E-state index is 10.9. The molecule has 1 atom stereocenters. The first-order valence-electron chi connectivity index (χ1n) is 4.31. The van der Waals surface area contributed by atoms with Gasteiger partial charge in [-0.25, -0.2) is 0 Å². The van der Waals surface area contributed by atoms with Crippen molar-refractivity contribution in [1.29, 1.82) is 0 Å². The van der Waals surface area contributed by atoms with Crippen LogP contribution in [0.2, 0.25) is 0 Å². The van der Waals surface area contributed by atoms with Crippen LogP contribution in [0.5, 0.6) is 0 Å². The van der Waals surface area contributed by atoms with Crippen molar-refractivity contribution in [1.82, 2.24) is 0 Å². The number of carbonyl (C=O) groups is 1. The molecular formula is C9H17NO. The minimum Gasteiger partial charge on any atom is -0.369 e. The second-order valence-corrected chi connectivity index (χ2v) is 4.36. The van der Waals surface area contributed by atoms with Crippen LogP contribution in [0.25, 0.3) is 0 Å². The van der Waals surface area contributed by atoms with E-state index in [-0.39, 0.29) is 11.8 Å². The van der Waals surface area contributed by atoms with Crippen molar-refractivity contribution >= 4 is 5.91 Å². The number of hydrogen-bond donors (Lipinski definition) is 1. The topological polar surface area (TPSA) is 43.1 Å². The van der Waals surface area contributed by atoms with Gasteiger partial charge in [0.15, 0.2) is 0 Å². The number of carbonyl (C=O) groups excluding carboxylic acids is 1. The van der Waals surface area contributed by atoms with Gasteiger partial charge in [-0.05, 0) is 24.7 Å². The molecule has 0 bridgehead atoms. The number of rotatable bonds is 1. The van der Waals surface area contributed by atoms with Crippen LogP contribution in [-0.4, -0.2) is 5.91 Å². The Kier molecular flexibility index (Phi) is 2.21. The van der Waals surface area contributed by atoms with Gasteiger partial charge in [-0.15, -0.1) is 0 Å². The molecule has 1 aliphatic carbocycles. The molecule has 1 fully saturated rings. The van der Waals surface area contributed by atoms with Crippen molar-refractivity contribution in [3.05, 3.63) is 0 Å². The highest BCUT2D eigenvalue weighted by Gasteiger charge is 2.30. The standard InChI is InChI=1S/C9H17NO/c1-9(2)5-3-4-7(6-9)8(10)11/h7H,3-6H2,1-2H3,(H2,10,11)/t7-/m0/s1. The Balaban J connectivity index is 2.53. The first kappa shape index (κ1) is 8.57. The van der Waals surface area contributed by atoms with Gasteiger partial charge in [0.2, 0.25) is 5.91 Å². The number of primary amides is 1. The van der Waals surface area contributed by atoms with E-state index >= 15 is 0 Å². The molecule has 1 aliphatic rings. The summed E-state index contributed by atoms with van der Waals surface area (Å²) in [7, 11) is 0. The largest absolute Gasteiger partial charge is 0.369 e. The van der Waals surface area contributed by atoms with E-state index in [1.807, 2.05) is 0 Å². The zero-order chi connectivity index (χ0) is 8.48. The smallest absolute Gasteiger partial charge is 0.220 e. The van der Waals surface area contributed by atoms with Gasteiger partial charge in [0.05, 0.1) is 0 Å². The first-order chi connectivity index (χ1) is 5.01. The fraction of sp³-hybridized carbons (Fsp3) is 0.889. The van der Waals surface area contributed by atoms with E-state index in [9.17, 15) is 4.79 Å². The van der Waals surface area contributed by atoms with E-state index in [2.05, 4.69) is 13.8 Å². The van der Waals surface area contributed by atoms with Crippen LogP contribution in [0.3, 0.4) is 0 Å². The molecule has 64 valence electrons. The van der Waals surface area contributed by atoms with E-state index in [0.29, 0.717) is 5.41 Å². The van der Waals surface area contributed by atoms with E-state index in [1.165, 1.54) is 6.42 Å². The SMILES string of the molecule is CC1(C)CCC[C@H](C(N)=O)C1. The Labute approximate surface area is 68.2 Å². The van der Waals surface area contributed by atoms with Gasteiger partial charge in [0, 0.05) is 5.92 Å². The van der Waals surface area contributed by atoms with Crippen molar-refractivity contribution in [2.75, 3.05) is 0 Å². The van der Waals surface area contributed by atoms with Crippen LogP contribution in [-0.2, 0) is 4.79 Å². The minimum atomic E-state index is -0.113. The maximum atomic E-state index is 10.9. The van der Waals surface area contributed by atoms with Gasteiger partial charge in [0.1, 0.15) is 0 Å². The van der Waals surface area contributed by atoms with Crippen LogP contribution in [0, 0.1) is 11.3 Å². The Bertz CT molecular complexity index is 163.